The van der Waals surface area contributed by atoms with Crippen molar-refractivity contribution in [2.24, 2.45) is 10.8 Å². The number of ether oxygens (including phenoxy) is 3. The predicted molar refractivity (Wildman–Crippen MR) is 103 cm³/mol. The average Bonchev–Trinajstić information content (AvgIpc) is 2.56. The molecule has 2 aliphatic rings. The summed E-state index contributed by atoms with van der Waals surface area (Å²) in [5.74, 6) is -0.869. The molecule has 2 saturated heterocycles. The minimum Gasteiger partial charge on any atom is -0.481 e. The van der Waals surface area contributed by atoms with Crippen LogP contribution < -0.4 is 0 Å². The second-order valence-corrected chi connectivity index (χ2v) is 8.87. The molecular formula is C20H38O7. The van der Waals surface area contributed by atoms with E-state index in [0.717, 1.165) is 38.9 Å². The lowest BCUT2D eigenvalue weighted by atomic mass is 9.97. The molecule has 7 heteroatoms. The number of carboxylic acids is 1. The molecule has 0 atom stereocenters. The van der Waals surface area contributed by atoms with Gasteiger partial charge in [0.15, 0.2) is 0 Å². The summed E-state index contributed by atoms with van der Waals surface area (Å²) in [6.07, 6.45) is 3.29. The van der Waals surface area contributed by atoms with Crippen LogP contribution in [0.4, 0.5) is 0 Å². The number of carbonyl (C=O) groups is 2. The zero-order valence-corrected chi connectivity index (χ0v) is 17.7. The van der Waals surface area contributed by atoms with E-state index in [1.54, 1.807) is 20.8 Å². The van der Waals surface area contributed by atoms with Crippen molar-refractivity contribution >= 4 is 11.9 Å². The van der Waals surface area contributed by atoms with Gasteiger partial charge in [0, 0.05) is 26.1 Å². The number of carbonyl (C=O) groups excluding carboxylic acids is 1. The fourth-order valence-corrected chi connectivity index (χ4v) is 1.81. The summed E-state index contributed by atoms with van der Waals surface area (Å²) in [7, 11) is 0. The van der Waals surface area contributed by atoms with E-state index in [-0.39, 0.29) is 18.2 Å². The molecule has 2 rings (SSSR count). The van der Waals surface area contributed by atoms with E-state index in [4.69, 9.17) is 24.4 Å². The molecular weight excluding hydrogens is 352 g/mol. The largest absolute Gasteiger partial charge is 0.481 e. The van der Waals surface area contributed by atoms with Gasteiger partial charge in [-0.15, -0.1) is 0 Å². The Bertz CT molecular complexity index is 423. The monoisotopic (exact) mass is 390 g/mol. The number of hydrogen-bond donors (Lipinski definition) is 2. The molecule has 0 saturated carbocycles. The van der Waals surface area contributed by atoms with Gasteiger partial charge in [0.25, 0.3) is 0 Å². The van der Waals surface area contributed by atoms with Crippen LogP contribution in [0.1, 0.15) is 67.2 Å². The summed E-state index contributed by atoms with van der Waals surface area (Å²) in [6.45, 7) is 13.5. The van der Waals surface area contributed by atoms with Crippen molar-refractivity contribution in [3.63, 3.8) is 0 Å². The zero-order chi connectivity index (χ0) is 21.1. The molecule has 2 heterocycles. The first-order valence-corrected chi connectivity index (χ1v) is 9.62. The molecule has 0 spiro atoms. The van der Waals surface area contributed by atoms with Gasteiger partial charge in [0.1, 0.15) is 6.10 Å². The molecule has 0 aromatic heterocycles. The quantitative estimate of drug-likeness (QED) is 0.663. The van der Waals surface area contributed by atoms with E-state index in [2.05, 4.69) is 0 Å². The van der Waals surface area contributed by atoms with Gasteiger partial charge in [0.05, 0.1) is 30.1 Å². The van der Waals surface area contributed by atoms with Crippen LogP contribution >= 0.6 is 0 Å². The summed E-state index contributed by atoms with van der Waals surface area (Å²) in [5, 5.41) is 17.1. The van der Waals surface area contributed by atoms with Crippen LogP contribution in [0.25, 0.3) is 0 Å². The maximum Gasteiger partial charge on any atom is 0.311 e. The lowest BCUT2D eigenvalue weighted by Crippen LogP contribution is -2.31. The maximum atomic E-state index is 11.5. The topological polar surface area (TPSA) is 102 Å². The maximum absolute atomic E-state index is 11.5. The van der Waals surface area contributed by atoms with Crippen LogP contribution in [-0.4, -0.2) is 60.8 Å². The third kappa shape index (κ3) is 13.6. The van der Waals surface area contributed by atoms with Crippen molar-refractivity contribution in [2.45, 2.75) is 79.4 Å². The highest BCUT2D eigenvalue weighted by Crippen LogP contribution is 2.19. The van der Waals surface area contributed by atoms with E-state index in [9.17, 15) is 9.59 Å². The SMILES string of the molecule is CC(C)(C)C(=O)O.CC(C)(C)C(=O)OC1CCOCC1.OC1CCOCC1. The summed E-state index contributed by atoms with van der Waals surface area (Å²) >= 11 is 0. The minimum atomic E-state index is -0.757. The Kier molecular flexibility index (Phi) is 11.8. The standard InChI is InChI=1S/C10H18O3.2C5H10O2/c1-10(2,3)9(11)13-8-4-6-12-7-5-8;6-5-1-3-7-4-2-5;1-5(2,3)4(6)7/h8H,4-7H2,1-3H3;5-6H,1-4H2;1-3H3,(H,6,7). The van der Waals surface area contributed by atoms with Gasteiger partial charge in [-0.2, -0.15) is 0 Å². The number of carboxylic acid groups (broad SMARTS) is 1. The molecule has 0 aromatic carbocycles. The smallest absolute Gasteiger partial charge is 0.311 e. The second-order valence-electron chi connectivity index (χ2n) is 8.87. The summed E-state index contributed by atoms with van der Waals surface area (Å²) in [6, 6.07) is 0. The number of aliphatic hydroxyl groups excluding tert-OH is 1. The van der Waals surface area contributed by atoms with Crippen molar-refractivity contribution < 1.29 is 34.0 Å². The number of rotatable bonds is 1. The van der Waals surface area contributed by atoms with E-state index >= 15 is 0 Å². The van der Waals surface area contributed by atoms with Crippen molar-refractivity contribution in [2.75, 3.05) is 26.4 Å². The number of hydrogen-bond acceptors (Lipinski definition) is 6. The molecule has 0 radical (unpaired) electrons. The average molecular weight is 391 g/mol. The van der Waals surface area contributed by atoms with Crippen molar-refractivity contribution in [3.8, 4) is 0 Å². The van der Waals surface area contributed by atoms with Crippen LogP contribution in [0.15, 0.2) is 0 Å². The Morgan fingerprint density at radius 1 is 0.815 bits per heavy atom. The molecule has 27 heavy (non-hydrogen) atoms. The highest BCUT2D eigenvalue weighted by Gasteiger charge is 2.27. The van der Waals surface area contributed by atoms with Gasteiger partial charge >= 0.3 is 11.9 Å². The Labute approximate surface area is 163 Å². The Morgan fingerprint density at radius 2 is 1.19 bits per heavy atom. The van der Waals surface area contributed by atoms with Gasteiger partial charge in [0.2, 0.25) is 0 Å². The fraction of sp³-hybridized carbons (Fsp3) is 0.900. The molecule has 7 nitrogen and oxygen atoms in total. The Morgan fingerprint density at radius 3 is 1.44 bits per heavy atom. The van der Waals surface area contributed by atoms with Gasteiger partial charge in [-0.25, -0.2) is 0 Å². The predicted octanol–water partition coefficient (Wildman–Crippen LogP) is 3.03. The zero-order valence-electron chi connectivity index (χ0n) is 17.7. The third-order valence-electron chi connectivity index (χ3n) is 3.89. The van der Waals surface area contributed by atoms with Gasteiger partial charge < -0.3 is 24.4 Å². The Hall–Kier alpha value is -1.18. The van der Waals surface area contributed by atoms with Crippen molar-refractivity contribution in [1.82, 2.24) is 0 Å². The number of aliphatic carboxylic acids is 1. The van der Waals surface area contributed by atoms with Gasteiger partial charge in [-0.3, -0.25) is 9.59 Å². The molecule has 0 bridgehead atoms. The molecule has 0 aromatic rings. The van der Waals surface area contributed by atoms with Crippen LogP contribution in [0, 0.1) is 10.8 Å². The first-order valence-electron chi connectivity index (χ1n) is 9.62. The number of aliphatic hydroxyl groups is 1. The Balaban J connectivity index is 0.000000410. The highest BCUT2D eigenvalue weighted by molar-refractivity contribution is 5.75. The lowest BCUT2D eigenvalue weighted by Gasteiger charge is -2.26. The summed E-state index contributed by atoms with van der Waals surface area (Å²) in [4.78, 5) is 21.5. The molecule has 2 fully saturated rings. The van der Waals surface area contributed by atoms with Gasteiger partial charge in [-0.1, -0.05) is 0 Å². The summed E-state index contributed by atoms with van der Waals surface area (Å²) < 4.78 is 15.5. The van der Waals surface area contributed by atoms with Crippen LogP contribution in [-0.2, 0) is 23.8 Å². The molecule has 2 N–H and O–H groups in total. The first kappa shape index (κ1) is 25.8. The first-order chi connectivity index (χ1) is 12.3. The van der Waals surface area contributed by atoms with E-state index < -0.39 is 16.8 Å². The van der Waals surface area contributed by atoms with Crippen LogP contribution in [0.3, 0.4) is 0 Å². The highest BCUT2D eigenvalue weighted by atomic mass is 16.6. The van der Waals surface area contributed by atoms with Gasteiger partial charge in [-0.05, 0) is 54.4 Å². The fourth-order valence-electron chi connectivity index (χ4n) is 1.81. The minimum absolute atomic E-state index is 0.0699. The normalized spacial score (nSPS) is 19.1. The van der Waals surface area contributed by atoms with Crippen molar-refractivity contribution in [1.29, 1.82) is 0 Å². The molecule has 160 valence electrons. The van der Waals surface area contributed by atoms with E-state index in [0.29, 0.717) is 13.2 Å². The molecule has 0 unspecified atom stereocenters. The van der Waals surface area contributed by atoms with Crippen molar-refractivity contribution in [3.05, 3.63) is 0 Å². The summed E-state index contributed by atoms with van der Waals surface area (Å²) in [5.41, 5.74) is -0.974. The molecule has 2 aliphatic heterocycles. The third-order valence-corrected chi connectivity index (χ3v) is 3.89. The van der Waals surface area contributed by atoms with Crippen LogP contribution in [0.2, 0.25) is 0 Å². The molecule has 0 aliphatic carbocycles. The van der Waals surface area contributed by atoms with E-state index in [1.807, 2.05) is 20.8 Å². The lowest BCUT2D eigenvalue weighted by molar-refractivity contribution is -0.162. The number of esters is 1. The molecule has 0 amide bonds. The van der Waals surface area contributed by atoms with Crippen LogP contribution in [0.5, 0.6) is 0 Å². The second kappa shape index (κ2) is 12.3. The van der Waals surface area contributed by atoms with E-state index in [1.165, 1.54) is 0 Å².